The molecular weight excluding hydrogens is 216 g/mol. The molecule has 2 aromatic heterocycles. The third kappa shape index (κ3) is 1.92. The van der Waals surface area contributed by atoms with Crippen molar-refractivity contribution >= 4 is 11.2 Å². The van der Waals surface area contributed by atoms with Crippen LogP contribution in [-0.4, -0.2) is 19.9 Å². The zero-order valence-corrected chi connectivity index (χ0v) is 9.57. The van der Waals surface area contributed by atoms with Crippen LogP contribution in [0, 0.1) is 0 Å². The molecule has 0 radical (unpaired) electrons. The number of fused-ring (bicyclic) bond motifs is 2. The lowest BCUT2D eigenvalue weighted by molar-refractivity contribution is 0.602. The largest absolute Gasteiger partial charge is 0.311 e. The van der Waals surface area contributed by atoms with Crippen LogP contribution in [0.3, 0.4) is 0 Å². The zero-order valence-electron chi connectivity index (χ0n) is 9.57. The predicted molar refractivity (Wildman–Crippen MR) is 63.8 cm³/mol. The van der Waals surface area contributed by atoms with Crippen LogP contribution in [0.25, 0.3) is 11.2 Å². The molecule has 2 heterocycles. The minimum atomic E-state index is -0.202. The van der Waals surface area contributed by atoms with Crippen LogP contribution < -0.4 is 5.56 Å². The Morgan fingerprint density at radius 1 is 1.00 bits per heavy atom. The number of aromatic nitrogens is 4. The van der Waals surface area contributed by atoms with E-state index in [1.165, 1.54) is 19.2 Å². The van der Waals surface area contributed by atoms with Gasteiger partial charge in [-0.15, -0.1) is 0 Å². The van der Waals surface area contributed by atoms with E-state index >= 15 is 0 Å². The summed E-state index contributed by atoms with van der Waals surface area (Å²) in [6.45, 7) is 0. The second kappa shape index (κ2) is 4.24. The molecule has 0 bridgehead atoms. The first-order valence-corrected chi connectivity index (χ1v) is 6.08. The summed E-state index contributed by atoms with van der Waals surface area (Å²) in [6.07, 6.45) is 8.03. The molecule has 0 amide bonds. The molecule has 5 nitrogen and oxygen atoms in total. The third-order valence-electron chi connectivity index (χ3n) is 3.21. The number of rotatable bonds is 0. The molecule has 0 aromatic carbocycles. The van der Waals surface area contributed by atoms with E-state index in [2.05, 4.69) is 19.9 Å². The number of nitrogens with one attached hydrogen (secondary N) is 1. The van der Waals surface area contributed by atoms with Crippen molar-refractivity contribution in [3.63, 3.8) is 0 Å². The maximum absolute atomic E-state index is 11.6. The highest BCUT2D eigenvalue weighted by Gasteiger charge is 2.13. The fourth-order valence-electron chi connectivity index (χ4n) is 2.30. The summed E-state index contributed by atoms with van der Waals surface area (Å²) < 4.78 is 0. The summed E-state index contributed by atoms with van der Waals surface area (Å²) in [5.41, 5.74) is 2.64. The van der Waals surface area contributed by atoms with Gasteiger partial charge in [0.15, 0.2) is 11.2 Å². The molecular formula is C12H14N4O. The van der Waals surface area contributed by atoms with Crippen molar-refractivity contribution in [2.24, 2.45) is 0 Å². The van der Waals surface area contributed by atoms with Gasteiger partial charge >= 0.3 is 0 Å². The highest BCUT2D eigenvalue weighted by Crippen LogP contribution is 2.18. The maximum Gasteiger partial charge on any atom is 0.278 e. The minimum absolute atomic E-state index is 0.202. The Kier molecular flexibility index (Phi) is 2.59. The van der Waals surface area contributed by atoms with Crippen molar-refractivity contribution in [3.8, 4) is 0 Å². The lowest BCUT2D eigenvalue weighted by Crippen LogP contribution is -2.14. The van der Waals surface area contributed by atoms with Crippen molar-refractivity contribution in [1.82, 2.24) is 19.9 Å². The van der Waals surface area contributed by atoms with Crippen molar-refractivity contribution in [2.45, 2.75) is 38.5 Å². The van der Waals surface area contributed by atoms with Crippen LogP contribution in [0.15, 0.2) is 11.1 Å². The fraction of sp³-hybridized carbons (Fsp3) is 0.500. The van der Waals surface area contributed by atoms with Gasteiger partial charge in [-0.3, -0.25) is 4.79 Å². The van der Waals surface area contributed by atoms with Crippen LogP contribution in [0.4, 0.5) is 0 Å². The predicted octanol–water partition coefficient (Wildman–Crippen LogP) is 1.37. The lowest BCUT2D eigenvalue weighted by atomic mass is 10.0. The topological polar surface area (TPSA) is 71.5 Å². The van der Waals surface area contributed by atoms with Gasteiger partial charge in [-0.25, -0.2) is 15.0 Å². The molecule has 0 unspecified atom stereocenters. The van der Waals surface area contributed by atoms with Gasteiger partial charge in [0.25, 0.3) is 5.56 Å². The van der Waals surface area contributed by atoms with Gasteiger partial charge in [-0.05, 0) is 25.7 Å². The van der Waals surface area contributed by atoms with Gasteiger partial charge in [0.05, 0.1) is 17.7 Å². The average molecular weight is 230 g/mol. The Bertz CT molecular complexity index is 605. The molecule has 3 rings (SSSR count). The van der Waals surface area contributed by atoms with Gasteiger partial charge in [0, 0.05) is 0 Å². The Hall–Kier alpha value is -1.78. The van der Waals surface area contributed by atoms with Crippen LogP contribution in [0.1, 0.15) is 37.1 Å². The van der Waals surface area contributed by atoms with Crippen molar-refractivity contribution in [2.75, 3.05) is 0 Å². The fourth-order valence-corrected chi connectivity index (χ4v) is 2.30. The molecule has 88 valence electrons. The average Bonchev–Trinajstić information content (AvgIpc) is 2.30. The lowest BCUT2D eigenvalue weighted by Gasteiger charge is -2.11. The molecule has 1 N–H and O–H groups in total. The van der Waals surface area contributed by atoms with Crippen LogP contribution in [0.2, 0.25) is 0 Å². The second-order valence-corrected chi connectivity index (χ2v) is 4.44. The summed E-state index contributed by atoms with van der Waals surface area (Å²) >= 11 is 0. The standard InChI is InChI=1S/C12H14N4O/c17-12-10-11(13-7-14-12)16-9-6-4-2-1-3-5-8(9)15-10/h7H,1-6H2,(H,13,14,16,17). The molecule has 2 aromatic rings. The smallest absolute Gasteiger partial charge is 0.278 e. The Labute approximate surface area is 98.3 Å². The molecule has 5 heteroatoms. The normalized spacial score (nSPS) is 16.2. The van der Waals surface area contributed by atoms with E-state index in [0.29, 0.717) is 11.2 Å². The van der Waals surface area contributed by atoms with E-state index in [4.69, 9.17) is 0 Å². The third-order valence-corrected chi connectivity index (χ3v) is 3.21. The van der Waals surface area contributed by atoms with E-state index in [1.54, 1.807) is 0 Å². The van der Waals surface area contributed by atoms with E-state index < -0.39 is 0 Å². The summed E-state index contributed by atoms with van der Waals surface area (Å²) in [6, 6.07) is 0. The number of aromatic amines is 1. The molecule has 0 aliphatic heterocycles. The van der Waals surface area contributed by atoms with Gasteiger partial charge in [-0.1, -0.05) is 12.8 Å². The maximum atomic E-state index is 11.6. The second-order valence-electron chi connectivity index (χ2n) is 4.44. The Morgan fingerprint density at radius 3 is 2.47 bits per heavy atom. The molecule has 1 aliphatic carbocycles. The van der Waals surface area contributed by atoms with E-state index in [-0.39, 0.29) is 5.56 Å². The molecule has 0 fully saturated rings. The van der Waals surface area contributed by atoms with Gasteiger partial charge in [0.1, 0.15) is 0 Å². The highest BCUT2D eigenvalue weighted by molar-refractivity contribution is 5.68. The molecule has 0 saturated heterocycles. The Morgan fingerprint density at radius 2 is 1.71 bits per heavy atom. The van der Waals surface area contributed by atoms with Crippen LogP contribution >= 0.6 is 0 Å². The van der Waals surface area contributed by atoms with Crippen molar-refractivity contribution < 1.29 is 0 Å². The molecule has 0 spiro atoms. The SMILES string of the molecule is O=c1[nH]cnc2nc3c(nc12)CCCCCC3. The molecule has 1 aliphatic rings. The van der Waals surface area contributed by atoms with E-state index in [0.717, 1.165) is 37.1 Å². The van der Waals surface area contributed by atoms with Crippen molar-refractivity contribution in [1.29, 1.82) is 0 Å². The number of aryl methyl sites for hydroxylation is 2. The molecule has 0 atom stereocenters. The highest BCUT2D eigenvalue weighted by atomic mass is 16.1. The van der Waals surface area contributed by atoms with Gasteiger partial charge in [-0.2, -0.15) is 0 Å². The quantitative estimate of drug-likeness (QED) is 0.742. The summed E-state index contributed by atoms with van der Waals surface area (Å²) in [5.74, 6) is 0. The van der Waals surface area contributed by atoms with Crippen molar-refractivity contribution in [3.05, 3.63) is 28.1 Å². The molecule has 17 heavy (non-hydrogen) atoms. The van der Waals surface area contributed by atoms with Crippen LogP contribution in [-0.2, 0) is 12.8 Å². The first-order valence-electron chi connectivity index (χ1n) is 6.08. The van der Waals surface area contributed by atoms with E-state index in [9.17, 15) is 4.79 Å². The molecule has 0 saturated carbocycles. The Balaban J connectivity index is 2.20. The monoisotopic (exact) mass is 230 g/mol. The van der Waals surface area contributed by atoms with E-state index in [1.807, 2.05) is 0 Å². The zero-order chi connectivity index (χ0) is 11.7. The van der Waals surface area contributed by atoms with Gasteiger partial charge in [0.2, 0.25) is 0 Å². The summed E-state index contributed by atoms with van der Waals surface area (Å²) in [5, 5.41) is 0. The number of nitrogens with zero attached hydrogens (tertiary/aromatic N) is 3. The summed E-state index contributed by atoms with van der Waals surface area (Å²) in [7, 11) is 0. The number of hydrogen-bond acceptors (Lipinski definition) is 4. The number of hydrogen-bond donors (Lipinski definition) is 1. The minimum Gasteiger partial charge on any atom is -0.311 e. The van der Waals surface area contributed by atoms with Gasteiger partial charge < -0.3 is 4.98 Å². The number of H-pyrrole nitrogens is 1. The first kappa shape index (κ1) is 10.4. The first-order chi connectivity index (χ1) is 8.34. The summed E-state index contributed by atoms with van der Waals surface area (Å²) in [4.78, 5) is 27.2. The van der Waals surface area contributed by atoms with Crippen LogP contribution in [0.5, 0.6) is 0 Å².